The summed E-state index contributed by atoms with van der Waals surface area (Å²) in [6, 6.07) is 52.5. The number of hydrogen-bond acceptors (Lipinski definition) is 3. The first-order valence-corrected chi connectivity index (χ1v) is 14.8. The van der Waals surface area contributed by atoms with Crippen LogP contribution in [-0.2, 0) is 0 Å². The Morgan fingerprint density at radius 2 is 1.14 bits per heavy atom. The van der Waals surface area contributed by atoms with E-state index in [0.29, 0.717) is 11.4 Å². The van der Waals surface area contributed by atoms with Crippen molar-refractivity contribution in [2.75, 3.05) is 0 Å². The predicted octanol–water partition coefficient (Wildman–Crippen LogP) is 10.5. The molecule has 0 saturated heterocycles. The van der Waals surface area contributed by atoms with Gasteiger partial charge in [0.05, 0.1) is 22.1 Å². The Morgan fingerprint density at radius 3 is 1.91 bits per heavy atom. The maximum atomic E-state index is 6.70. The van der Waals surface area contributed by atoms with Crippen molar-refractivity contribution in [3.05, 3.63) is 152 Å². The molecule has 206 valence electrons. The molecule has 9 rings (SSSR count). The van der Waals surface area contributed by atoms with E-state index < -0.39 is 0 Å². The molecule has 0 saturated carbocycles. The van der Waals surface area contributed by atoms with Crippen LogP contribution < -0.4 is 0 Å². The molecule has 3 aromatic heterocycles. The molecule has 0 unspecified atom stereocenters. The molecule has 0 aliphatic carbocycles. The van der Waals surface area contributed by atoms with E-state index in [1.54, 1.807) is 0 Å². The number of rotatable bonds is 4. The van der Waals surface area contributed by atoms with Gasteiger partial charge in [-0.2, -0.15) is 0 Å². The molecule has 3 heterocycles. The Bertz CT molecular complexity index is 2480. The lowest BCUT2D eigenvalue weighted by Gasteiger charge is -2.14. The molecule has 9 aromatic rings. The van der Waals surface area contributed by atoms with Crippen molar-refractivity contribution in [2.24, 2.45) is 0 Å². The molecular weight excluding hydrogens is 538 g/mol. The van der Waals surface area contributed by atoms with Gasteiger partial charge in [0.2, 0.25) is 0 Å². The molecule has 0 aliphatic rings. The molecule has 0 fully saturated rings. The van der Waals surface area contributed by atoms with E-state index in [0.717, 1.165) is 61.0 Å². The van der Waals surface area contributed by atoms with Crippen LogP contribution in [0.4, 0.5) is 0 Å². The van der Waals surface area contributed by atoms with Crippen LogP contribution in [0.25, 0.3) is 83.3 Å². The topological polar surface area (TPSA) is 43.9 Å². The first-order chi connectivity index (χ1) is 21.8. The summed E-state index contributed by atoms with van der Waals surface area (Å²) in [5.74, 6) is 0.670. The van der Waals surface area contributed by atoms with Crippen LogP contribution in [0.2, 0.25) is 0 Å². The molecular formula is C40H25N3O. The first kappa shape index (κ1) is 24.6. The summed E-state index contributed by atoms with van der Waals surface area (Å²) in [5.41, 5.74) is 10.6. The fraction of sp³-hybridized carbons (Fsp3) is 0. The van der Waals surface area contributed by atoms with Crippen molar-refractivity contribution < 1.29 is 4.42 Å². The highest BCUT2D eigenvalue weighted by Crippen LogP contribution is 2.43. The van der Waals surface area contributed by atoms with E-state index in [1.165, 1.54) is 10.9 Å². The lowest BCUT2D eigenvalue weighted by Crippen LogP contribution is -1.98. The van der Waals surface area contributed by atoms with Crippen molar-refractivity contribution in [3.63, 3.8) is 0 Å². The third kappa shape index (κ3) is 3.71. The van der Waals surface area contributed by atoms with Crippen LogP contribution >= 0.6 is 0 Å². The van der Waals surface area contributed by atoms with Gasteiger partial charge in [0.15, 0.2) is 11.4 Å². The molecule has 44 heavy (non-hydrogen) atoms. The molecule has 6 aromatic carbocycles. The minimum absolute atomic E-state index is 0.670. The molecule has 4 heteroatoms. The smallest absolute Gasteiger partial charge is 0.180 e. The second-order valence-corrected chi connectivity index (χ2v) is 11.0. The standard InChI is InChI=1S/C40H25N3O/c1-4-14-26(15-5-1)29-20-10-12-22-32(29)43-33-23-13-11-21-30(33)31-24-25-34-35(38(31)43)37-39(44-34)36(27-16-6-2-7-17-27)41-40(42-37)28-18-8-3-9-19-28/h1-25H. The van der Waals surface area contributed by atoms with Gasteiger partial charge in [-0.05, 0) is 29.8 Å². The second-order valence-electron chi connectivity index (χ2n) is 11.0. The fourth-order valence-electron chi connectivity index (χ4n) is 6.47. The average molecular weight is 564 g/mol. The van der Waals surface area contributed by atoms with Crippen LogP contribution in [0.15, 0.2) is 156 Å². The Morgan fingerprint density at radius 1 is 0.500 bits per heavy atom. The number of nitrogens with zero attached hydrogens (tertiary/aromatic N) is 3. The van der Waals surface area contributed by atoms with Crippen molar-refractivity contribution in [1.82, 2.24) is 14.5 Å². The van der Waals surface area contributed by atoms with Crippen LogP contribution in [0, 0.1) is 0 Å². The fourth-order valence-corrected chi connectivity index (χ4v) is 6.47. The summed E-state index contributed by atoms with van der Waals surface area (Å²) in [6.45, 7) is 0. The average Bonchev–Trinajstić information content (AvgIpc) is 3.65. The molecule has 0 atom stereocenters. The Labute approximate surface area is 253 Å². The van der Waals surface area contributed by atoms with Crippen molar-refractivity contribution in [3.8, 4) is 39.5 Å². The summed E-state index contributed by atoms with van der Waals surface area (Å²) in [5, 5.41) is 3.32. The number of benzene rings is 6. The highest BCUT2D eigenvalue weighted by atomic mass is 16.3. The van der Waals surface area contributed by atoms with E-state index >= 15 is 0 Å². The van der Waals surface area contributed by atoms with Gasteiger partial charge in [-0.1, -0.05) is 127 Å². The largest absolute Gasteiger partial charge is 0.452 e. The first-order valence-electron chi connectivity index (χ1n) is 14.8. The summed E-state index contributed by atoms with van der Waals surface area (Å²) < 4.78 is 9.09. The van der Waals surface area contributed by atoms with Gasteiger partial charge < -0.3 is 8.98 Å². The molecule has 0 amide bonds. The quantitative estimate of drug-likeness (QED) is 0.214. The van der Waals surface area contributed by atoms with Gasteiger partial charge in [0.25, 0.3) is 0 Å². The number of furan rings is 1. The monoisotopic (exact) mass is 563 g/mol. The van der Waals surface area contributed by atoms with Crippen LogP contribution in [0.3, 0.4) is 0 Å². The van der Waals surface area contributed by atoms with E-state index in [-0.39, 0.29) is 0 Å². The highest BCUT2D eigenvalue weighted by molar-refractivity contribution is 6.24. The van der Waals surface area contributed by atoms with Crippen molar-refractivity contribution in [2.45, 2.75) is 0 Å². The normalized spacial score (nSPS) is 11.6. The lowest BCUT2D eigenvalue weighted by atomic mass is 10.0. The van der Waals surface area contributed by atoms with E-state index in [9.17, 15) is 0 Å². The van der Waals surface area contributed by atoms with Gasteiger partial charge in [-0.25, -0.2) is 9.97 Å². The zero-order chi connectivity index (χ0) is 29.0. The Kier molecular flexibility index (Phi) is 5.47. The Balaban J connectivity index is 1.47. The minimum atomic E-state index is 0.670. The number of hydrogen-bond donors (Lipinski definition) is 0. The second kappa shape index (κ2) is 9.79. The van der Waals surface area contributed by atoms with Crippen molar-refractivity contribution in [1.29, 1.82) is 0 Å². The third-order valence-corrected chi connectivity index (χ3v) is 8.42. The van der Waals surface area contributed by atoms with Gasteiger partial charge >= 0.3 is 0 Å². The maximum absolute atomic E-state index is 6.70. The lowest BCUT2D eigenvalue weighted by molar-refractivity contribution is 0.667. The van der Waals surface area contributed by atoms with Crippen LogP contribution in [-0.4, -0.2) is 14.5 Å². The van der Waals surface area contributed by atoms with Crippen molar-refractivity contribution >= 4 is 43.9 Å². The Hall–Kier alpha value is -6.00. The SMILES string of the molecule is c1ccc(-c2nc(-c3ccccc3)c3oc4ccc5c6ccccc6n(-c6ccccc6-c6ccccc6)c5c4c3n2)cc1. The molecule has 0 spiro atoms. The van der Waals surface area contributed by atoms with Crippen LogP contribution in [0.1, 0.15) is 0 Å². The molecule has 0 N–H and O–H groups in total. The van der Waals surface area contributed by atoms with Crippen LogP contribution in [0.5, 0.6) is 0 Å². The summed E-state index contributed by atoms with van der Waals surface area (Å²) in [7, 11) is 0. The van der Waals surface area contributed by atoms with Gasteiger partial charge in [0.1, 0.15) is 16.8 Å². The van der Waals surface area contributed by atoms with E-state index in [1.807, 2.05) is 36.4 Å². The number of aromatic nitrogens is 3. The third-order valence-electron chi connectivity index (χ3n) is 8.42. The summed E-state index contributed by atoms with van der Waals surface area (Å²) in [4.78, 5) is 10.3. The van der Waals surface area contributed by atoms with E-state index in [2.05, 4.69) is 120 Å². The molecule has 0 radical (unpaired) electrons. The maximum Gasteiger partial charge on any atom is 0.180 e. The zero-order valence-electron chi connectivity index (χ0n) is 23.7. The zero-order valence-corrected chi connectivity index (χ0v) is 23.7. The summed E-state index contributed by atoms with van der Waals surface area (Å²) >= 11 is 0. The van der Waals surface area contributed by atoms with Gasteiger partial charge in [-0.15, -0.1) is 0 Å². The molecule has 4 nitrogen and oxygen atoms in total. The predicted molar refractivity (Wildman–Crippen MR) is 180 cm³/mol. The summed E-state index contributed by atoms with van der Waals surface area (Å²) in [6.07, 6.45) is 0. The number of para-hydroxylation sites is 2. The van der Waals surface area contributed by atoms with Gasteiger partial charge in [-0.3, -0.25) is 0 Å². The minimum Gasteiger partial charge on any atom is -0.452 e. The number of fused-ring (bicyclic) bond motifs is 7. The molecule has 0 bridgehead atoms. The van der Waals surface area contributed by atoms with Gasteiger partial charge in [0, 0.05) is 27.5 Å². The van der Waals surface area contributed by atoms with E-state index in [4.69, 9.17) is 14.4 Å². The molecule has 0 aliphatic heterocycles. The highest BCUT2D eigenvalue weighted by Gasteiger charge is 2.24.